The largest absolute Gasteiger partial charge is 0.456 e. The number of para-hydroxylation sites is 1. The van der Waals surface area contributed by atoms with Crippen LogP contribution in [0.1, 0.15) is 31.5 Å². The first-order valence-electron chi connectivity index (χ1n) is 23.0. The molecule has 1 aromatic heterocycles. The number of fused-ring (bicyclic) bond motifs is 5. The zero-order valence-electron chi connectivity index (χ0n) is 42.5. The van der Waals surface area contributed by atoms with E-state index in [-0.39, 0.29) is 16.4 Å². The van der Waals surface area contributed by atoms with Gasteiger partial charge < -0.3 is 4.42 Å². The van der Waals surface area contributed by atoms with Gasteiger partial charge in [0, 0.05) is 10.8 Å². The van der Waals surface area contributed by atoms with Crippen LogP contribution in [0.3, 0.4) is 0 Å². The number of hydrogen-bond donors (Lipinski definition) is 0. The molecule has 0 atom stereocenters. The molecule has 1 heterocycles. The summed E-state index contributed by atoms with van der Waals surface area (Å²) in [6.45, 7) is 0. The molecular formula is C38H24O. The van der Waals surface area contributed by atoms with Crippen molar-refractivity contribution in [3.05, 3.63) is 145 Å². The Hall–Kier alpha value is -5.14. The minimum atomic E-state index is -1.00. The van der Waals surface area contributed by atoms with Crippen molar-refractivity contribution >= 4 is 43.5 Å². The molecule has 39 heavy (non-hydrogen) atoms. The molecule has 0 amide bonds. The Morgan fingerprint density at radius 1 is 0.385 bits per heavy atom. The van der Waals surface area contributed by atoms with Crippen LogP contribution in [0, 0.1) is 0 Å². The molecule has 0 spiro atoms. The Kier molecular flexibility index (Phi) is 2.00. The molecule has 0 bridgehead atoms. The minimum Gasteiger partial charge on any atom is -0.456 e. The lowest BCUT2D eigenvalue weighted by molar-refractivity contribution is 0.669. The van der Waals surface area contributed by atoms with E-state index in [1.54, 1.807) is 0 Å². The maximum atomic E-state index is 9.39. The monoisotopic (exact) mass is 519 g/mol. The van der Waals surface area contributed by atoms with E-state index in [4.69, 9.17) is 27.7 Å². The van der Waals surface area contributed by atoms with Crippen LogP contribution in [0.2, 0.25) is 0 Å². The summed E-state index contributed by atoms with van der Waals surface area (Å²) in [5.41, 5.74) is -4.98. The Balaban J connectivity index is 1.81. The first-order valence-corrected chi connectivity index (χ1v) is 11.5. The van der Waals surface area contributed by atoms with Crippen molar-refractivity contribution in [2.75, 3.05) is 0 Å². The fraction of sp³-hybridized carbons (Fsp3) is 0. The molecule has 0 saturated carbocycles. The van der Waals surface area contributed by atoms with Crippen LogP contribution in [0.4, 0.5) is 0 Å². The van der Waals surface area contributed by atoms with E-state index < -0.39 is 199 Å². The summed E-state index contributed by atoms with van der Waals surface area (Å²) >= 11 is 0. The summed E-state index contributed by atoms with van der Waals surface area (Å²) in [5.74, 6) is 0. The summed E-state index contributed by atoms with van der Waals surface area (Å²) in [7, 11) is 0. The SMILES string of the molecule is [2H]c1cc2c(oc3c([2H])c([2H])c([2H])c(-c4c5c([2H])c([2H])c([2H])c([2H])c5c(-c5c([2H])c([2H])c([2H])c([2H])c5-c5c([2H])c([2H])c([2H])c([2H])c5[2H])c5c([2H])c([2H])c([2H])c([2H])c45)c32)c([2H])c1[2H]. The summed E-state index contributed by atoms with van der Waals surface area (Å²) < 4.78 is 209. The highest BCUT2D eigenvalue weighted by molar-refractivity contribution is 6.26. The van der Waals surface area contributed by atoms with Crippen LogP contribution >= 0.6 is 0 Å². The average molecular weight is 520 g/mol. The lowest BCUT2D eigenvalue weighted by Gasteiger charge is -2.20. The van der Waals surface area contributed by atoms with Gasteiger partial charge in [0.15, 0.2) is 0 Å². The maximum absolute atomic E-state index is 9.39. The highest BCUT2D eigenvalue weighted by Gasteiger charge is 2.21. The Labute approximate surface area is 258 Å². The second-order valence-corrected chi connectivity index (χ2v) is 8.34. The number of furan rings is 1. The van der Waals surface area contributed by atoms with Crippen LogP contribution in [0.25, 0.3) is 76.9 Å². The number of benzene rings is 7. The van der Waals surface area contributed by atoms with Crippen molar-refractivity contribution in [1.82, 2.24) is 0 Å². The van der Waals surface area contributed by atoms with Crippen molar-refractivity contribution in [2.45, 2.75) is 0 Å². The standard InChI is InChI=1S/C38H24O/c1-2-13-25(14-3-1)26-15-4-5-16-27(26)36-28-17-6-8-19-30(28)37(31-20-9-7-18-29(31)36)33-22-12-24-35-38(33)32-21-10-11-23-34(32)39-35/h1-24H/i1D,2D,3D,4D,5D,6D,7D,8D,9D,10D,11D,12D,13D,14D,15D,16D,17D,18D,19D,20D,22D,23D,24D. The summed E-state index contributed by atoms with van der Waals surface area (Å²) in [5, 5.41) is -3.11. The molecule has 182 valence electrons. The van der Waals surface area contributed by atoms with Gasteiger partial charge in [0.25, 0.3) is 0 Å². The minimum absolute atomic E-state index is 0.171. The van der Waals surface area contributed by atoms with Crippen molar-refractivity contribution in [3.63, 3.8) is 0 Å². The number of rotatable bonds is 3. The molecule has 0 aliphatic heterocycles. The Bertz CT molecular complexity index is 3330. The topological polar surface area (TPSA) is 13.1 Å². The quantitative estimate of drug-likeness (QED) is 0.212. The first-order chi connectivity index (χ1) is 28.9. The molecule has 8 rings (SSSR count). The second-order valence-electron chi connectivity index (χ2n) is 8.34. The summed E-state index contributed by atoms with van der Waals surface area (Å²) in [6.07, 6.45) is 0. The average Bonchev–Trinajstić information content (AvgIpc) is 3.62. The van der Waals surface area contributed by atoms with Gasteiger partial charge >= 0.3 is 0 Å². The van der Waals surface area contributed by atoms with Gasteiger partial charge in [0.05, 0.1) is 31.5 Å². The molecule has 0 radical (unpaired) electrons. The normalized spacial score (nSPS) is 19.8. The predicted octanol–water partition coefficient (Wildman–Crippen LogP) is 10.9. The summed E-state index contributed by atoms with van der Waals surface area (Å²) in [6, 6.07) is -19.1. The lowest BCUT2D eigenvalue weighted by atomic mass is 9.83. The van der Waals surface area contributed by atoms with E-state index in [9.17, 15) is 8.22 Å². The van der Waals surface area contributed by atoms with Crippen molar-refractivity contribution < 1.29 is 35.9 Å². The third-order valence-corrected chi connectivity index (χ3v) is 6.34. The van der Waals surface area contributed by atoms with Crippen LogP contribution in [-0.4, -0.2) is 0 Å². The summed E-state index contributed by atoms with van der Waals surface area (Å²) in [4.78, 5) is 0. The van der Waals surface area contributed by atoms with Crippen molar-refractivity contribution in [2.24, 2.45) is 0 Å². The fourth-order valence-electron chi connectivity index (χ4n) is 4.80. The van der Waals surface area contributed by atoms with E-state index in [2.05, 4.69) is 0 Å². The second kappa shape index (κ2) is 8.72. The van der Waals surface area contributed by atoms with Gasteiger partial charge in [-0.3, -0.25) is 0 Å². The zero-order chi connectivity index (χ0) is 45.8. The van der Waals surface area contributed by atoms with Gasteiger partial charge in [-0.1, -0.05) is 133 Å². The van der Waals surface area contributed by atoms with Crippen LogP contribution in [0.15, 0.2) is 149 Å². The highest BCUT2D eigenvalue weighted by Crippen LogP contribution is 2.48. The van der Waals surface area contributed by atoms with Crippen molar-refractivity contribution in [1.29, 1.82) is 0 Å². The van der Waals surface area contributed by atoms with Crippen LogP contribution in [0.5, 0.6) is 0 Å². The molecule has 8 aromatic rings. The van der Waals surface area contributed by atoms with Gasteiger partial charge in [0.1, 0.15) is 11.2 Å². The molecule has 0 saturated heterocycles. The molecule has 1 nitrogen and oxygen atoms in total. The zero-order valence-corrected chi connectivity index (χ0v) is 19.5. The fourth-order valence-corrected chi connectivity index (χ4v) is 4.80. The lowest BCUT2D eigenvalue weighted by Crippen LogP contribution is -1.93. The molecule has 0 aliphatic carbocycles. The van der Waals surface area contributed by atoms with Gasteiger partial charge in [-0.2, -0.15) is 0 Å². The molecule has 0 N–H and O–H groups in total. The molecule has 0 unspecified atom stereocenters. The Morgan fingerprint density at radius 2 is 0.897 bits per heavy atom. The van der Waals surface area contributed by atoms with Crippen LogP contribution in [-0.2, 0) is 0 Å². The van der Waals surface area contributed by atoms with Gasteiger partial charge in [-0.25, -0.2) is 0 Å². The third-order valence-electron chi connectivity index (χ3n) is 6.34. The van der Waals surface area contributed by atoms with E-state index in [0.717, 1.165) is 6.07 Å². The molecule has 0 fully saturated rings. The molecule has 0 aliphatic rings. The number of hydrogen-bond acceptors (Lipinski definition) is 1. The molecule has 1 heteroatoms. The van der Waals surface area contributed by atoms with Gasteiger partial charge in [-0.15, -0.1) is 0 Å². The highest BCUT2D eigenvalue weighted by atomic mass is 16.3. The van der Waals surface area contributed by atoms with Crippen molar-refractivity contribution in [3.8, 4) is 33.4 Å². The Morgan fingerprint density at radius 3 is 1.59 bits per heavy atom. The smallest absolute Gasteiger partial charge is 0.136 e. The predicted molar refractivity (Wildman–Crippen MR) is 165 cm³/mol. The van der Waals surface area contributed by atoms with E-state index >= 15 is 0 Å². The van der Waals surface area contributed by atoms with Gasteiger partial charge in [-0.05, 0) is 67.0 Å². The molecule has 7 aromatic carbocycles. The van der Waals surface area contributed by atoms with E-state index in [1.165, 1.54) is 0 Å². The first kappa shape index (κ1) is 8.97. The maximum Gasteiger partial charge on any atom is 0.136 e. The third kappa shape index (κ3) is 3.34. The molecular weight excluding hydrogens is 472 g/mol. The van der Waals surface area contributed by atoms with Gasteiger partial charge in [0.2, 0.25) is 0 Å². The van der Waals surface area contributed by atoms with E-state index in [1.807, 2.05) is 0 Å². The van der Waals surface area contributed by atoms with E-state index in [0.29, 0.717) is 0 Å². The van der Waals surface area contributed by atoms with Crippen LogP contribution < -0.4 is 0 Å².